The quantitative estimate of drug-likeness (QED) is 0.625. The Morgan fingerprint density at radius 1 is 1.27 bits per heavy atom. The molecule has 58 valence electrons. The van der Waals surface area contributed by atoms with Crippen molar-refractivity contribution in [2.75, 3.05) is 0 Å². The molecule has 2 heteroatoms. The minimum absolute atomic E-state index is 0.184. The summed E-state index contributed by atoms with van der Waals surface area (Å²) in [5, 5.41) is 1.70. The zero-order valence-electron chi connectivity index (χ0n) is 6.09. The van der Waals surface area contributed by atoms with Gasteiger partial charge in [-0.1, -0.05) is 24.4 Å². The van der Waals surface area contributed by atoms with Crippen molar-refractivity contribution in [1.82, 2.24) is 0 Å². The van der Waals surface area contributed by atoms with Gasteiger partial charge in [-0.15, -0.1) is 0 Å². The lowest BCUT2D eigenvalue weighted by Gasteiger charge is -1.95. The molecule has 0 saturated carbocycles. The van der Waals surface area contributed by atoms with Crippen LogP contribution >= 0.6 is 12.2 Å². The normalized spacial score (nSPS) is 9.55. The van der Waals surface area contributed by atoms with Gasteiger partial charge in [0.15, 0.2) is 0 Å². The molecule has 0 nitrogen and oxygen atoms in total. The van der Waals surface area contributed by atoms with Crippen molar-refractivity contribution in [1.29, 1.82) is 0 Å². The highest BCUT2D eigenvalue weighted by Crippen LogP contribution is 2.04. The van der Waals surface area contributed by atoms with Crippen molar-refractivity contribution in [3.05, 3.63) is 35.6 Å². The summed E-state index contributed by atoms with van der Waals surface area (Å²) in [6.07, 6.45) is 1.78. The van der Waals surface area contributed by atoms with Gasteiger partial charge in [-0.2, -0.15) is 0 Å². The van der Waals surface area contributed by atoms with Crippen LogP contribution in [0.25, 0.3) is 0 Å². The van der Waals surface area contributed by atoms with Gasteiger partial charge in [0.2, 0.25) is 0 Å². The summed E-state index contributed by atoms with van der Waals surface area (Å²) in [6, 6.07) is 6.51. The third kappa shape index (κ3) is 2.76. The van der Waals surface area contributed by atoms with Gasteiger partial charge in [-0.3, -0.25) is 0 Å². The van der Waals surface area contributed by atoms with E-state index in [0.717, 1.165) is 18.4 Å². The van der Waals surface area contributed by atoms with E-state index in [9.17, 15) is 4.39 Å². The highest BCUT2D eigenvalue weighted by Gasteiger charge is 1.91. The summed E-state index contributed by atoms with van der Waals surface area (Å²) in [5.74, 6) is -0.184. The zero-order valence-corrected chi connectivity index (χ0v) is 6.90. The van der Waals surface area contributed by atoms with Crippen LogP contribution in [0.4, 0.5) is 4.39 Å². The van der Waals surface area contributed by atoms with E-state index < -0.39 is 0 Å². The lowest BCUT2D eigenvalue weighted by molar-refractivity contribution is 0.627. The van der Waals surface area contributed by atoms with E-state index in [1.165, 1.54) is 12.1 Å². The van der Waals surface area contributed by atoms with Gasteiger partial charge in [-0.05, 0) is 35.9 Å². The van der Waals surface area contributed by atoms with Crippen LogP contribution in [0, 0.1) is 5.82 Å². The molecule has 0 atom stereocenters. The second-order valence-electron chi connectivity index (χ2n) is 2.33. The van der Waals surface area contributed by atoms with Crippen LogP contribution in [-0.2, 0) is 6.42 Å². The fourth-order valence-electron chi connectivity index (χ4n) is 0.877. The third-order valence-electron chi connectivity index (χ3n) is 1.46. The van der Waals surface area contributed by atoms with E-state index >= 15 is 0 Å². The minimum atomic E-state index is -0.184. The Kier molecular flexibility index (Phi) is 3.17. The van der Waals surface area contributed by atoms with Gasteiger partial charge in [0, 0.05) is 0 Å². The molecule has 1 rings (SSSR count). The maximum absolute atomic E-state index is 12.4. The van der Waals surface area contributed by atoms with Crippen LogP contribution in [0.2, 0.25) is 0 Å². The zero-order chi connectivity index (χ0) is 8.10. The first kappa shape index (κ1) is 8.34. The molecule has 0 heterocycles. The second kappa shape index (κ2) is 4.19. The van der Waals surface area contributed by atoms with Gasteiger partial charge in [0.1, 0.15) is 5.82 Å². The highest BCUT2D eigenvalue weighted by atomic mass is 32.1. The number of thiocarbonyl (C=S) groups is 1. The van der Waals surface area contributed by atoms with Gasteiger partial charge < -0.3 is 0 Å². The first-order valence-electron chi connectivity index (χ1n) is 3.51. The Labute approximate surface area is 71.1 Å². The molecule has 0 amide bonds. The monoisotopic (exact) mass is 168 g/mol. The van der Waals surface area contributed by atoms with Crippen molar-refractivity contribution in [3.63, 3.8) is 0 Å². The Bertz CT molecular complexity index is 228. The van der Waals surface area contributed by atoms with Crippen LogP contribution < -0.4 is 0 Å². The Balaban J connectivity index is 2.58. The largest absolute Gasteiger partial charge is 0.207 e. The van der Waals surface area contributed by atoms with E-state index in [1.807, 2.05) is 0 Å². The number of hydrogen-bond donors (Lipinski definition) is 0. The van der Waals surface area contributed by atoms with Crippen molar-refractivity contribution in [2.24, 2.45) is 0 Å². The summed E-state index contributed by atoms with van der Waals surface area (Å²) in [5.41, 5.74) is 1.13. The van der Waals surface area contributed by atoms with Crippen LogP contribution in [-0.4, -0.2) is 5.37 Å². The van der Waals surface area contributed by atoms with Crippen LogP contribution in [0.3, 0.4) is 0 Å². The molecule has 0 saturated heterocycles. The smallest absolute Gasteiger partial charge is 0.123 e. The standard InChI is InChI=1S/C9H9FS/c10-9-5-3-8(4-6-9)2-1-7-11/h3-7H,1-2H2. The van der Waals surface area contributed by atoms with Gasteiger partial charge in [0.05, 0.1) is 0 Å². The van der Waals surface area contributed by atoms with Crippen LogP contribution in [0.1, 0.15) is 12.0 Å². The molecule has 0 spiro atoms. The third-order valence-corrected chi connectivity index (χ3v) is 1.70. The topological polar surface area (TPSA) is 0 Å². The fourth-order valence-corrected chi connectivity index (χ4v) is 0.995. The van der Waals surface area contributed by atoms with E-state index in [1.54, 1.807) is 17.5 Å². The van der Waals surface area contributed by atoms with E-state index in [-0.39, 0.29) is 5.82 Å². The molecule has 0 fully saturated rings. The summed E-state index contributed by atoms with van der Waals surface area (Å²) in [6.45, 7) is 0. The summed E-state index contributed by atoms with van der Waals surface area (Å²) >= 11 is 4.68. The van der Waals surface area contributed by atoms with Crippen molar-refractivity contribution in [2.45, 2.75) is 12.8 Å². The van der Waals surface area contributed by atoms with Crippen molar-refractivity contribution < 1.29 is 4.39 Å². The van der Waals surface area contributed by atoms with Crippen molar-refractivity contribution in [3.8, 4) is 0 Å². The molecule has 0 aliphatic carbocycles. The summed E-state index contributed by atoms with van der Waals surface area (Å²) in [4.78, 5) is 0. The number of rotatable bonds is 3. The lowest BCUT2D eigenvalue weighted by Crippen LogP contribution is -1.84. The number of hydrogen-bond acceptors (Lipinski definition) is 1. The average Bonchev–Trinajstić information content (AvgIpc) is 2.04. The Hall–Kier alpha value is -0.760. The molecule has 0 aromatic heterocycles. The number of aryl methyl sites for hydroxylation is 1. The average molecular weight is 168 g/mol. The minimum Gasteiger partial charge on any atom is -0.207 e. The Morgan fingerprint density at radius 3 is 2.45 bits per heavy atom. The van der Waals surface area contributed by atoms with Gasteiger partial charge >= 0.3 is 0 Å². The molecular formula is C9H9FS. The molecule has 0 aliphatic heterocycles. The Morgan fingerprint density at radius 2 is 1.91 bits per heavy atom. The van der Waals surface area contributed by atoms with Crippen LogP contribution in [0.5, 0.6) is 0 Å². The maximum Gasteiger partial charge on any atom is 0.123 e. The van der Waals surface area contributed by atoms with Gasteiger partial charge in [-0.25, -0.2) is 4.39 Å². The predicted octanol–water partition coefficient (Wildman–Crippen LogP) is 2.76. The first-order valence-corrected chi connectivity index (χ1v) is 3.98. The number of benzene rings is 1. The molecule has 0 N–H and O–H groups in total. The van der Waals surface area contributed by atoms with E-state index in [2.05, 4.69) is 12.2 Å². The second-order valence-corrected chi connectivity index (χ2v) is 2.67. The molecular weight excluding hydrogens is 159 g/mol. The molecule has 1 aromatic carbocycles. The van der Waals surface area contributed by atoms with Crippen molar-refractivity contribution >= 4 is 17.6 Å². The number of halogens is 1. The van der Waals surface area contributed by atoms with E-state index in [4.69, 9.17) is 0 Å². The van der Waals surface area contributed by atoms with Gasteiger partial charge in [0.25, 0.3) is 0 Å². The lowest BCUT2D eigenvalue weighted by atomic mass is 10.1. The van der Waals surface area contributed by atoms with Crippen LogP contribution in [0.15, 0.2) is 24.3 Å². The highest BCUT2D eigenvalue weighted by molar-refractivity contribution is 7.78. The molecule has 0 bridgehead atoms. The summed E-state index contributed by atoms with van der Waals surface area (Å²) < 4.78 is 12.4. The molecule has 0 aliphatic rings. The summed E-state index contributed by atoms with van der Waals surface area (Å²) in [7, 11) is 0. The SMILES string of the molecule is Fc1ccc(CCC=S)cc1. The fraction of sp³-hybridized carbons (Fsp3) is 0.222. The molecule has 1 aromatic rings. The molecule has 11 heavy (non-hydrogen) atoms. The molecule has 0 radical (unpaired) electrons. The first-order chi connectivity index (χ1) is 5.33. The molecule has 0 unspecified atom stereocenters. The predicted molar refractivity (Wildman–Crippen MR) is 48.4 cm³/mol. The van der Waals surface area contributed by atoms with E-state index in [0.29, 0.717) is 0 Å². The maximum atomic E-state index is 12.4.